The molecule has 1 aromatic carbocycles. The van der Waals surface area contributed by atoms with E-state index in [1.165, 1.54) is 0 Å². The maximum absolute atomic E-state index is 12.9. The quantitative estimate of drug-likeness (QED) is 0.910. The van der Waals surface area contributed by atoms with Crippen LogP contribution in [-0.4, -0.2) is 41.2 Å². The van der Waals surface area contributed by atoms with Crippen LogP contribution in [-0.2, 0) is 0 Å². The number of urea groups is 1. The second kappa shape index (κ2) is 7.23. The molecule has 2 bridgehead atoms. The van der Waals surface area contributed by atoms with Gasteiger partial charge in [0, 0.05) is 31.1 Å². The van der Waals surface area contributed by atoms with Crippen LogP contribution < -0.4 is 14.8 Å². The number of methoxy groups -OCH3 is 1. The molecule has 0 saturated carbocycles. The van der Waals surface area contributed by atoms with Crippen molar-refractivity contribution in [2.75, 3.05) is 12.4 Å². The Morgan fingerprint density at radius 3 is 2.62 bits per heavy atom. The minimum absolute atomic E-state index is 0.0539. The van der Waals surface area contributed by atoms with Crippen molar-refractivity contribution in [3.05, 3.63) is 48.8 Å². The number of amides is 2. The van der Waals surface area contributed by atoms with Crippen molar-refractivity contribution in [1.82, 2.24) is 9.88 Å². The summed E-state index contributed by atoms with van der Waals surface area (Å²) in [6.45, 7) is 0. The van der Waals surface area contributed by atoms with Crippen molar-refractivity contribution >= 4 is 11.7 Å². The number of para-hydroxylation sites is 2. The molecule has 2 aliphatic rings. The van der Waals surface area contributed by atoms with E-state index in [1.807, 2.05) is 41.3 Å². The standard InChI is InChI=1S/C20H23N3O3/c1-25-19-7-3-2-6-18(19)22-20(24)23-14-8-9-15(23)12-17(11-14)26-16-5-4-10-21-13-16/h2-7,10,13-15,17H,8-9,11-12H2,1H3,(H,22,24). The highest BCUT2D eigenvalue weighted by molar-refractivity contribution is 5.91. The number of nitrogens with one attached hydrogen (secondary N) is 1. The van der Waals surface area contributed by atoms with E-state index in [4.69, 9.17) is 9.47 Å². The average Bonchev–Trinajstić information content (AvgIpc) is 2.94. The molecule has 1 aromatic heterocycles. The zero-order valence-electron chi connectivity index (χ0n) is 14.8. The maximum Gasteiger partial charge on any atom is 0.322 e. The summed E-state index contributed by atoms with van der Waals surface area (Å²) >= 11 is 0. The van der Waals surface area contributed by atoms with Crippen molar-refractivity contribution in [2.45, 2.75) is 43.9 Å². The van der Waals surface area contributed by atoms with Gasteiger partial charge in [-0.05, 0) is 37.1 Å². The summed E-state index contributed by atoms with van der Waals surface area (Å²) < 4.78 is 11.4. The van der Waals surface area contributed by atoms with E-state index in [-0.39, 0.29) is 24.2 Å². The zero-order valence-corrected chi connectivity index (χ0v) is 14.8. The fourth-order valence-corrected chi connectivity index (χ4v) is 4.09. The first-order chi connectivity index (χ1) is 12.7. The second-order valence-electron chi connectivity index (χ2n) is 6.82. The second-order valence-corrected chi connectivity index (χ2v) is 6.82. The highest BCUT2D eigenvalue weighted by Crippen LogP contribution is 2.38. The number of aromatic nitrogens is 1. The van der Waals surface area contributed by atoms with Gasteiger partial charge < -0.3 is 19.7 Å². The normalized spacial score (nSPS) is 24.2. The summed E-state index contributed by atoms with van der Waals surface area (Å²) in [7, 11) is 1.61. The highest BCUT2D eigenvalue weighted by Gasteiger charge is 2.44. The van der Waals surface area contributed by atoms with Crippen LogP contribution in [0.5, 0.6) is 11.5 Å². The van der Waals surface area contributed by atoms with E-state index in [0.29, 0.717) is 11.4 Å². The molecule has 0 spiro atoms. The summed E-state index contributed by atoms with van der Waals surface area (Å²) in [5, 5.41) is 3.01. The number of anilines is 1. The SMILES string of the molecule is COc1ccccc1NC(=O)N1C2CCC1CC(Oc1cccnc1)C2. The molecule has 2 aromatic rings. The summed E-state index contributed by atoms with van der Waals surface area (Å²) in [6, 6.07) is 11.7. The van der Waals surface area contributed by atoms with Gasteiger partial charge in [-0.2, -0.15) is 0 Å². The monoisotopic (exact) mass is 353 g/mol. The molecule has 26 heavy (non-hydrogen) atoms. The van der Waals surface area contributed by atoms with Gasteiger partial charge in [-0.15, -0.1) is 0 Å². The molecule has 2 unspecified atom stereocenters. The molecule has 0 radical (unpaired) electrons. The molecule has 4 rings (SSSR count). The molecule has 2 fully saturated rings. The number of carbonyl (C=O) groups is 1. The first kappa shape index (κ1) is 16.7. The molecule has 2 atom stereocenters. The van der Waals surface area contributed by atoms with Gasteiger partial charge in [0.2, 0.25) is 0 Å². The number of benzene rings is 1. The fourth-order valence-electron chi connectivity index (χ4n) is 4.09. The topological polar surface area (TPSA) is 63.7 Å². The third-order valence-corrected chi connectivity index (χ3v) is 5.21. The third-order valence-electron chi connectivity index (χ3n) is 5.21. The number of rotatable bonds is 4. The highest BCUT2D eigenvalue weighted by atomic mass is 16.5. The molecule has 6 nitrogen and oxygen atoms in total. The molecule has 0 aliphatic carbocycles. The third kappa shape index (κ3) is 3.31. The van der Waals surface area contributed by atoms with Gasteiger partial charge >= 0.3 is 6.03 Å². The molecule has 3 heterocycles. The molecule has 2 amide bonds. The molecule has 6 heteroatoms. The van der Waals surface area contributed by atoms with Crippen LogP contribution in [0.25, 0.3) is 0 Å². The Morgan fingerprint density at radius 1 is 1.15 bits per heavy atom. The van der Waals surface area contributed by atoms with Gasteiger partial charge in [0.25, 0.3) is 0 Å². The van der Waals surface area contributed by atoms with Crippen LogP contribution in [0.3, 0.4) is 0 Å². The van der Waals surface area contributed by atoms with E-state index in [1.54, 1.807) is 19.5 Å². The Labute approximate surface area is 153 Å². The lowest BCUT2D eigenvalue weighted by Gasteiger charge is -2.38. The van der Waals surface area contributed by atoms with Crippen LogP contribution in [0.1, 0.15) is 25.7 Å². The molecule has 2 saturated heterocycles. The van der Waals surface area contributed by atoms with Crippen LogP contribution in [0, 0.1) is 0 Å². The minimum atomic E-state index is -0.0539. The fraction of sp³-hybridized carbons (Fsp3) is 0.400. The first-order valence-electron chi connectivity index (χ1n) is 9.03. The van der Waals surface area contributed by atoms with Gasteiger partial charge in [0.05, 0.1) is 19.0 Å². The van der Waals surface area contributed by atoms with Crippen LogP contribution in [0.2, 0.25) is 0 Å². The van der Waals surface area contributed by atoms with Crippen LogP contribution >= 0.6 is 0 Å². The van der Waals surface area contributed by atoms with Crippen molar-refractivity contribution in [3.8, 4) is 11.5 Å². The molecular formula is C20H23N3O3. The average molecular weight is 353 g/mol. The van der Waals surface area contributed by atoms with E-state index >= 15 is 0 Å². The van der Waals surface area contributed by atoms with Crippen molar-refractivity contribution in [1.29, 1.82) is 0 Å². The van der Waals surface area contributed by atoms with E-state index in [2.05, 4.69) is 10.3 Å². The molecule has 136 valence electrons. The van der Waals surface area contributed by atoms with E-state index < -0.39 is 0 Å². The number of piperidine rings is 1. The number of hydrogen-bond donors (Lipinski definition) is 1. The Kier molecular flexibility index (Phi) is 4.65. The van der Waals surface area contributed by atoms with Crippen molar-refractivity contribution in [2.24, 2.45) is 0 Å². The molecule has 2 aliphatic heterocycles. The predicted octanol–water partition coefficient (Wildman–Crippen LogP) is 3.70. The summed E-state index contributed by atoms with van der Waals surface area (Å²) in [4.78, 5) is 19.0. The number of hydrogen-bond acceptors (Lipinski definition) is 4. The van der Waals surface area contributed by atoms with Crippen LogP contribution in [0.15, 0.2) is 48.8 Å². The number of carbonyl (C=O) groups excluding carboxylic acids is 1. The summed E-state index contributed by atoms with van der Waals surface area (Å²) in [5.41, 5.74) is 0.702. The Bertz CT molecular complexity index is 754. The van der Waals surface area contributed by atoms with Gasteiger partial charge in [-0.25, -0.2) is 4.79 Å². The van der Waals surface area contributed by atoms with Gasteiger partial charge in [-0.3, -0.25) is 4.98 Å². The Hall–Kier alpha value is -2.76. The first-order valence-corrected chi connectivity index (χ1v) is 9.03. The van der Waals surface area contributed by atoms with Gasteiger partial charge in [-0.1, -0.05) is 12.1 Å². The lowest BCUT2D eigenvalue weighted by atomic mass is 10.00. The molecule has 1 N–H and O–H groups in total. The lowest BCUT2D eigenvalue weighted by molar-refractivity contribution is 0.0730. The largest absolute Gasteiger partial charge is 0.495 e. The zero-order chi connectivity index (χ0) is 17.9. The molecular weight excluding hydrogens is 330 g/mol. The van der Waals surface area contributed by atoms with Crippen LogP contribution in [0.4, 0.5) is 10.5 Å². The number of fused-ring (bicyclic) bond motifs is 2. The summed E-state index contributed by atoms with van der Waals surface area (Å²) in [6.07, 6.45) is 7.36. The van der Waals surface area contributed by atoms with Crippen molar-refractivity contribution in [3.63, 3.8) is 0 Å². The smallest absolute Gasteiger partial charge is 0.322 e. The van der Waals surface area contributed by atoms with Gasteiger partial charge in [0.15, 0.2) is 0 Å². The lowest BCUT2D eigenvalue weighted by Crippen LogP contribution is -2.50. The van der Waals surface area contributed by atoms with E-state index in [0.717, 1.165) is 31.4 Å². The number of pyridine rings is 1. The number of nitrogens with zero attached hydrogens (tertiary/aromatic N) is 2. The Balaban J connectivity index is 1.42. The minimum Gasteiger partial charge on any atom is -0.495 e. The Morgan fingerprint density at radius 2 is 1.92 bits per heavy atom. The number of ether oxygens (including phenoxy) is 2. The predicted molar refractivity (Wildman–Crippen MR) is 98.5 cm³/mol. The van der Waals surface area contributed by atoms with Gasteiger partial charge in [0.1, 0.15) is 17.6 Å². The summed E-state index contributed by atoms with van der Waals surface area (Å²) in [5.74, 6) is 1.46. The van der Waals surface area contributed by atoms with E-state index in [9.17, 15) is 4.79 Å². The maximum atomic E-state index is 12.9. The van der Waals surface area contributed by atoms with Crippen molar-refractivity contribution < 1.29 is 14.3 Å².